The SMILES string of the molecule is CC(C)(C)OC(=O)NC1CCC12CC(=O)C2. The van der Waals surface area contributed by atoms with Gasteiger partial charge in [-0.25, -0.2) is 4.79 Å². The average Bonchev–Trinajstić information content (AvgIpc) is 2.04. The van der Waals surface area contributed by atoms with Crippen molar-refractivity contribution in [2.75, 3.05) is 0 Å². The van der Waals surface area contributed by atoms with Crippen LogP contribution in [-0.2, 0) is 9.53 Å². The Balaban J connectivity index is 1.83. The molecule has 1 atom stereocenters. The number of hydrogen-bond donors (Lipinski definition) is 1. The van der Waals surface area contributed by atoms with Gasteiger partial charge in [-0.3, -0.25) is 4.79 Å². The van der Waals surface area contributed by atoms with Crippen molar-refractivity contribution >= 4 is 11.9 Å². The molecule has 90 valence electrons. The number of amides is 1. The van der Waals surface area contributed by atoms with Crippen LogP contribution >= 0.6 is 0 Å². The van der Waals surface area contributed by atoms with Crippen molar-refractivity contribution in [2.24, 2.45) is 5.41 Å². The lowest BCUT2D eigenvalue weighted by Crippen LogP contribution is -2.61. The van der Waals surface area contributed by atoms with E-state index < -0.39 is 5.60 Å². The molecular formula is C12H19NO3. The Morgan fingerprint density at radius 2 is 2.06 bits per heavy atom. The van der Waals surface area contributed by atoms with E-state index in [9.17, 15) is 9.59 Å². The Morgan fingerprint density at radius 1 is 1.44 bits per heavy atom. The monoisotopic (exact) mass is 225 g/mol. The maximum absolute atomic E-state index is 11.6. The molecule has 2 fully saturated rings. The minimum absolute atomic E-state index is 0.0774. The molecule has 1 N–H and O–H groups in total. The van der Waals surface area contributed by atoms with Gasteiger partial charge in [-0.2, -0.15) is 0 Å². The second-order valence-corrected chi connectivity index (χ2v) is 5.99. The summed E-state index contributed by atoms with van der Waals surface area (Å²) in [5, 5.41) is 2.87. The number of Topliss-reactive ketones (excluding diaryl/α,β-unsaturated/α-hetero) is 1. The van der Waals surface area contributed by atoms with Crippen molar-refractivity contribution in [2.45, 2.75) is 58.1 Å². The number of alkyl carbamates (subject to hydrolysis) is 1. The van der Waals surface area contributed by atoms with Crippen molar-refractivity contribution in [1.29, 1.82) is 0 Å². The molecule has 16 heavy (non-hydrogen) atoms. The molecule has 1 amide bonds. The van der Waals surface area contributed by atoms with Crippen LogP contribution < -0.4 is 5.32 Å². The van der Waals surface area contributed by atoms with Gasteiger partial charge < -0.3 is 10.1 Å². The van der Waals surface area contributed by atoms with E-state index in [1.165, 1.54) is 0 Å². The molecule has 0 saturated heterocycles. The third-order valence-electron chi connectivity index (χ3n) is 3.46. The molecule has 1 unspecified atom stereocenters. The summed E-state index contributed by atoms with van der Waals surface area (Å²) < 4.78 is 5.20. The van der Waals surface area contributed by atoms with Crippen LogP contribution in [-0.4, -0.2) is 23.5 Å². The molecular weight excluding hydrogens is 206 g/mol. The predicted molar refractivity (Wildman–Crippen MR) is 59.1 cm³/mol. The van der Waals surface area contributed by atoms with Crippen molar-refractivity contribution in [3.63, 3.8) is 0 Å². The van der Waals surface area contributed by atoms with Gasteiger partial charge >= 0.3 is 6.09 Å². The third-order valence-corrected chi connectivity index (χ3v) is 3.46. The van der Waals surface area contributed by atoms with Gasteiger partial charge in [-0.1, -0.05) is 0 Å². The summed E-state index contributed by atoms with van der Waals surface area (Å²) in [5.41, 5.74) is -0.385. The number of ether oxygens (including phenoxy) is 1. The number of rotatable bonds is 1. The zero-order valence-electron chi connectivity index (χ0n) is 10.1. The van der Waals surface area contributed by atoms with E-state index in [-0.39, 0.29) is 17.6 Å². The highest BCUT2D eigenvalue weighted by Crippen LogP contribution is 2.54. The normalized spacial score (nSPS) is 26.9. The largest absolute Gasteiger partial charge is 0.444 e. The Morgan fingerprint density at radius 3 is 2.44 bits per heavy atom. The van der Waals surface area contributed by atoms with Crippen LogP contribution in [0.4, 0.5) is 4.79 Å². The summed E-state index contributed by atoms with van der Waals surface area (Å²) in [6.07, 6.45) is 2.92. The van der Waals surface area contributed by atoms with Crippen LogP contribution in [0.25, 0.3) is 0 Å². The number of hydrogen-bond acceptors (Lipinski definition) is 3. The van der Waals surface area contributed by atoms with Crippen LogP contribution in [0.2, 0.25) is 0 Å². The Kier molecular flexibility index (Phi) is 2.48. The topological polar surface area (TPSA) is 55.4 Å². The molecule has 2 aliphatic carbocycles. The minimum atomic E-state index is -0.462. The van der Waals surface area contributed by atoms with Gasteiger partial charge in [0, 0.05) is 24.3 Å². The lowest BCUT2D eigenvalue weighted by atomic mass is 9.52. The molecule has 0 aromatic rings. The fourth-order valence-electron chi connectivity index (χ4n) is 2.53. The van der Waals surface area contributed by atoms with Gasteiger partial charge in [-0.05, 0) is 33.6 Å². The molecule has 2 rings (SSSR count). The second-order valence-electron chi connectivity index (χ2n) is 5.99. The van der Waals surface area contributed by atoms with Crippen LogP contribution in [0.3, 0.4) is 0 Å². The van der Waals surface area contributed by atoms with Crippen LogP contribution in [0.15, 0.2) is 0 Å². The summed E-state index contributed by atoms with van der Waals surface area (Å²) in [6, 6.07) is 0.139. The lowest BCUT2D eigenvalue weighted by molar-refractivity contribution is -0.141. The van der Waals surface area contributed by atoms with E-state index in [0.29, 0.717) is 18.6 Å². The molecule has 0 bridgehead atoms. The standard InChI is InChI=1S/C12H19NO3/c1-11(2,3)16-10(15)13-9-4-5-12(9)6-8(14)7-12/h9H,4-7H2,1-3H3,(H,13,15). The Labute approximate surface area is 95.7 Å². The van der Waals surface area contributed by atoms with Gasteiger partial charge in [0.25, 0.3) is 0 Å². The highest BCUT2D eigenvalue weighted by Gasteiger charge is 2.55. The summed E-state index contributed by atoms with van der Waals surface area (Å²) >= 11 is 0. The molecule has 0 aromatic heterocycles. The minimum Gasteiger partial charge on any atom is -0.444 e. The molecule has 4 heteroatoms. The van der Waals surface area contributed by atoms with E-state index in [1.807, 2.05) is 20.8 Å². The first-order valence-electron chi connectivity index (χ1n) is 5.82. The molecule has 0 heterocycles. The van der Waals surface area contributed by atoms with E-state index in [2.05, 4.69) is 5.32 Å². The van der Waals surface area contributed by atoms with E-state index >= 15 is 0 Å². The van der Waals surface area contributed by atoms with Crippen LogP contribution in [0, 0.1) is 5.41 Å². The van der Waals surface area contributed by atoms with Crippen LogP contribution in [0.1, 0.15) is 46.5 Å². The molecule has 2 aliphatic rings. The summed E-state index contributed by atoms with van der Waals surface area (Å²) in [7, 11) is 0. The second kappa shape index (κ2) is 3.47. The van der Waals surface area contributed by atoms with Gasteiger partial charge in [0.05, 0.1) is 0 Å². The number of carbonyl (C=O) groups is 2. The predicted octanol–water partition coefficient (Wildman–Crippen LogP) is 2.02. The fraction of sp³-hybridized carbons (Fsp3) is 0.833. The number of carbonyl (C=O) groups excluding carboxylic acids is 2. The van der Waals surface area contributed by atoms with Crippen LogP contribution in [0.5, 0.6) is 0 Å². The van der Waals surface area contributed by atoms with E-state index in [0.717, 1.165) is 12.8 Å². The average molecular weight is 225 g/mol. The first-order valence-corrected chi connectivity index (χ1v) is 5.82. The van der Waals surface area contributed by atoms with Crippen molar-refractivity contribution in [1.82, 2.24) is 5.32 Å². The molecule has 1 spiro atoms. The quantitative estimate of drug-likeness (QED) is 0.742. The van der Waals surface area contributed by atoms with E-state index in [4.69, 9.17) is 4.74 Å². The zero-order valence-corrected chi connectivity index (χ0v) is 10.1. The lowest BCUT2D eigenvalue weighted by Gasteiger charge is -2.54. The van der Waals surface area contributed by atoms with Crippen molar-refractivity contribution < 1.29 is 14.3 Å². The summed E-state index contributed by atoms with van der Waals surface area (Å²) in [4.78, 5) is 22.6. The number of ketones is 1. The van der Waals surface area contributed by atoms with Gasteiger partial charge in [0.1, 0.15) is 11.4 Å². The Bertz CT molecular complexity index is 322. The smallest absolute Gasteiger partial charge is 0.407 e. The van der Waals surface area contributed by atoms with E-state index in [1.54, 1.807) is 0 Å². The van der Waals surface area contributed by atoms with Gasteiger partial charge in [0.2, 0.25) is 0 Å². The number of nitrogens with one attached hydrogen (secondary N) is 1. The first kappa shape index (κ1) is 11.4. The maximum atomic E-state index is 11.6. The summed E-state index contributed by atoms with van der Waals surface area (Å²) in [6.45, 7) is 5.53. The third kappa shape index (κ3) is 2.06. The van der Waals surface area contributed by atoms with Gasteiger partial charge in [0.15, 0.2) is 0 Å². The Hall–Kier alpha value is -1.06. The molecule has 0 aromatic carbocycles. The molecule has 4 nitrogen and oxygen atoms in total. The molecule has 0 aliphatic heterocycles. The highest BCUT2D eigenvalue weighted by molar-refractivity contribution is 5.87. The first-order chi connectivity index (χ1) is 7.31. The highest BCUT2D eigenvalue weighted by atomic mass is 16.6. The van der Waals surface area contributed by atoms with Crippen molar-refractivity contribution in [3.05, 3.63) is 0 Å². The summed E-state index contributed by atoms with van der Waals surface area (Å²) in [5.74, 6) is 0.315. The maximum Gasteiger partial charge on any atom is 0.407 e. The molecule has 2 saturated carbocycles. The fourth-order valence-corrected chi connectivity index (χ4v) is 2.53. The zero-order chi connectivity index (χ0) is 12.0. The molecule has 0 radical (unpaired) electrons. The van der Waals surface area contributed by atoms with Gasteiger partial charge in [-0.15, -0.1) is 0 Å². The van der Waals surface area contributed by atoms with Crippen molar-refractivity contribution in [3.8, 4) is 0 Å².